The first-order valence-electron chi connectivity index (χ1n) is 8.13. The average Bonchev–Trinajstić information content (AvgIpc) is 2.61. The summed E-state index contributed by atoms with van der Waals surface area (Å²) in [6, 6.07) is 5.66. The van der Waals surface area contributed by atoms with Gasteiger partial charge in [-0.15, -0.1) is 0 Å². The third kappa shape index (κ3) is 3.33. The standard InChI is InChI=1S/C17H23NO6/c1-22-17(16(20)21)4-6-18(7-5-17)15(19)11-12-2-3-13-14(10-12)24-9-8-23-13/h2-3,10,15,19H,4-9,11H2,1H3,(H,20,21)/t15-/m0/s1. The fourth-order valence-electron chi connectivity index (χ4n) is 3.24. The molecule has 0 bridgehead atoms. The Balaban J connectivity index is 1.60. The SMILES string of the molecule is COC1(C(=O)O)CCN([C@@H](O)Cc2ccc3c(c2)OCCO3)CC1. The Kier molecular flexibility index (Phi) is 4.93. The molecule has 0 amide bonds. The van der Waals surface area contributed by atoms with Gasteiger partial charge in [-0.25, -0.2) is 4.79 Å². The Hall–Kier alpha value is -1.83. The van der Waals surface area contributed by atoms with Gasteiger partial charge in [-0.2, -0.15) is 0 Å². The van der Waals surface area contributed by atoms with Crippen LogP contribution in [0, 0.1) is 0 Å². The van der Waals surface area contributed by atoms with E-state index in [2.05, 4.69) is 0 Å². The molecular formula is C17H23NO6. The molecule has 2 aliphatic rings. The molecule has 2 aliphatic heterocycles. The van der Waals surface area contributed by atoms with Crippen molar-refractivity contribution in [3.63, 3.8) is 0 Å². The van der Waals surface area contributed by atoms with Crippen molar-refractivity contribution in [1.82, 2.24) is 4.90 Å². The third-order valence-corrected chi connectivity index (χ3v) is 4.83. The van der Waals surface area contributed by atoms with E-state index in [1.165, 1.54) is 7.11 Å². The zero-order valence-corrected chi connectivity index (χ0v) is 13.7. The lowest BCUT2D eigenvalue weighted by atomic mass is 9.91. The van der Waals surface area contributed by atoms with Gasteiger partial charge >= 0.3 is 5.97 Å². The normalized spacial score (nSPS) is 21.2. The molecule has 0 aromatic heterocycles. The van der Waals surface area contributed by atoms with Crippen LogP contribution in [0.3, 0.4) is 0 Å². The van der Waals surface area contributed by atoms with Crippen LogP contribution < -0.4 is 9.47 Å². The van der Waals surface area contributed by atoms with Crippen LogP contribution >= 0.6 is 0 Å². The van der Waals surface area contributed by atoms with Crippen molar-refractivity contribution < 1.29 is 29.2 Å². The number of aliphatic carboxylic acids is 1. The van der Waals surface area contributed by atoms with Crippen molar-refractivity contribution in [2.75, 3.05) is 33.4 Å². The largest absolute Gasteiger partial charge is 0.486 e. The number of methoxy groups -OCH3 is 1. The number of aliphatic hydroxyl groups excluding tert-OH is 1. The number of rotatable bonds is 5. The summed E-state index contributed by atoms with van der Waals surface area (Å²) in [5.41, 5.74) is -0.179. The van der Waals surface area contributed by atoms with Gasteiger partial charge in [0.2, 0.25) is 0 Å². The van der Waals surface area contributed by atoms with Gasteiger partial charge in [-0.05, 0) is 17.7 Å². The average molecular weight is 337 g/mol. The molecule has 1 saturated heterocycles. The summed E-state index contributed by atoms with van der Waals surface area (Å²) >= 11 is 0. The van der Waals surface area contributed by atoms with Gasteiger partial charge in [0.05, 0.1) is 0 Å². The van der Waals surface area contributed by atoms with Crippen LogP contribution in [0.4, 0.5) is 0 Å². The fourth-order valence-corrected chi connectivity index (χ4v) is 3.24. The Morgan fingerprint density at radius 2 is 1.96 bits per heavy atom. The van der Waals surface area contributed by atoms with E-state index in [9.17, 15) is 15.0 Å². The van der Waals surface area contributed by atoms with Crippen molar-refractivity contribution in [2.45, 2.75) is 31.1 Å². The lowest BCUT2D eigenvalue weighted by molar-refractivity contribution is -0.171. The van der Waals surface area contributed by atoms with E-state index in [4.69, 9.17) is 14.2 Å². The molecule has 0 spiro atoms. The van der Waals surface area contributed by atoms with Crippen LogP contribution in [0.2, 0.25) is 0 Å². The van der Waals surface area contributed by atoms with E-state index in [0.29, 0.717) is 51.3 Å². The maximum Gasteiger partial charge on any atom is 0.336 e. The summed E-state index contributed by atoms with van der Waals surface area (Å²) in [6.45, 7) is 2.03. The topological polar surface area (TPSA) is 88.5 Å². The Morgan fingerprint density at radius 3 is 2.58 bits per heavy atom. The molecule has 7 nitrogen and oxygen atoms in total. The highest BCUT2D eigenvalue weighted by molar-refractivity contribution is 5.77. The Labute approximate surface area is 140 Å². The number of nitrogens with zero attached hydrogens (tertiary/aromatic N) is 1. The van der Waals surface area contributed by atoms with Crippen molar-refractivity contribution in [1.29, 1.82) is 0 Å². The van der Waals surface area contributed by atoms with E-state index < -0.39 is 17.8 Å². The third-order valence-electron chi connectivity index (χ3n) is 4.83. The Morgan fingerprint density at radius 1 is 1.29 bits per heavy atom. The van der Waals surface area contributed by atoms with Gasteiger partial charge in [0, 0.05) is 39.5 Å². The molecule has 1 atom stereocenters. The first kappa shape index (κ1) is 17.0. The minimum atomic E-state index is -1.13. The van der Waals surface area contributed by atoms with Crippen molar-refractivity contribution >= 4 is 5.97 Å². The number of likely N-dealkylation sites (tertiary alicyclic amines) is 1. The predicted molar refractivity (Wildman–Crippen MR) is 85.3 cm³/mol. The zero-order valence-electron chi connectivity index (χ0n) is 13.7. The minimum absolute atomic E-state index is 0.358. The van der Waals surface area contributed by atoms with E-state index in [-0.39, 0.29) is 0 Å². The maximum atomic E-state index is 11.4. The molecule has 0 saturated carbocycles. The molecule has 0 aliphatic carbocycles. The van der Waals surface area contributed by atoms with Crippen LogP contribution in [0.25, 0.3) is 0 Å². The molecule has 3 rings (SSSR count). The predicted octanol–water partition coefficient (Wildman–Crippen LogP) is 0.884. The highest BCUT2D eigenvalue weighted by atomic mass is 16.6. The number of carboxylic acid groups (broad SMARTS) is 1. The van der Waals surface area contributed by atoms with Gasteiger partial charge in [0.25, 0.3) is 0 Å². The highest BCUT2D eigenvalue weighted by Gasteiger charge is 2.42. The smallest absolute Gasteiger partial charge is 0.336 e. The van der Waals surface area contributed by atoms with Crippen molar-refractivity contribution in [3.05, 3.63) is 23.8 Å². The molecular weight excluding hydrogens is 314 g/mol. The van der Waals surface area contributed by atoms with E-state index in [0.717, 1.165) is 11.3 Å². The maximum absolute atomic E-state index is 11.4. The lowest BCUT2D eigenvalue weighted by Gasteiger charge is -2.39. The summed E-state index contributed by atoms with van der Waals surface area (Å²) in [7, 11) is 1.43. The van der Waals surface area contributed by atoms with Gasteiger partial charge < -0.3 is 24.4 Å². The zero-order chi connectivity index (χ0) is 17.2. The van der Waals surface area contributed by atoms with Crippen LogP contribution in [-0.2, 0) is 16.0 Å². The van der Waals surface area contributed by atoms with Crippen LogP contribution in [0.1, 0.15) is 18.4 Å². The first-order valence-corrected chi connectivity index (χ1v) is 8.13. The van der Waals surface area contributed by atoms with Gasteiger partial charge in [0.15, 0.2) is 17.1 Å². The van der Waals surface area contributed by atoms with Gasteiger partial charge in [-0.3, -0.25) is 4.90 Å². The quantitative estimate of drug-likeness (QED) is 0.825. The van der Waals surface area contributed by atoms with Crippen LogP contribution in [0.15, 0.2) is 18.2 Å². The number of fused-ring (bicyclic) bond motifs is 1. The molecule has 132 valence electrons. The van der Waals surface area contributed by atoms with Crippen LogP contribution in [0.5, 0.6) is 11.5 Å². The number of ether oxygens (including phenoxy) is 3. The molecule has 7 heteroatoms. The highest BCUT2D eigenvalue weighted by Crippen LogP contribution is 2.32. The van der Waals surface area contributed by atoms with Gasteiger partial charge in [-0.1, -0.05) is 6.07 Å². The van der Waals surface area contributed by atoms with E-state index in [1.807, 2.05) is 23.1 Å². The Bertz CT molecular complexity index is 597. The van der Waals surface area contributed by atoms with E-state index in [1.54, 1.807) is 0 Å². The van der Waals surface area contributed by atoms with Crippen molar-refractivity contribution in [3.8, 4) is 11.5 Å². The second-order valence-electron chi connectivity index (χ2n) is 6.20. The lowest BCUT2D eigenvalue weighted by Crippen LogP contribution is -2.53. The summed E-state index contributed by atoms with van der Waals surface area (Å²) < 4.78 is 16.3. The van der Waals surface area contributed by atoms with E-state index >= 15 is 0 Å². The first-order chi connectivity index (χ1) is 11.5. The number of carbonyl (C=O) groups is 1. The number of aliphatic hydroxyl groups is 1. The number of carboxylic acids is 1. The molecule has 0 radical (unpaired) electrons. The molecule has 24 heavy (non-hydrogen) atoms. The molecule has 1 aromatic carbocycles. The number of hydrogen-bond donors (Lipinski definition) is 2. The molecule has 0 unspecified atom stereocenters. The molecule has 1 aromatic rings. The van der Waals surface area contributed by atoms with Gasteiger partial charge in [0.1, 0.15) is 19.4 Å². The number of piperidine rings is 1. The summed E-state index contributed by atoms with van der Waals surface area (Å²) in [5, 5.41) is 19.8. The minimum Gasteiger partial charge on any atom is -0.486 e. The summed E-state index contributed by atoms with van der Waals surface area (Å²) in [4.78, 5) is 13.3. The van der Waals surface area contributed by atoms with Crippen LogP contribution in [-0.4, -0.2) is 66.3 Å². The second kappa shape index (κ2) is 6.96. The molecule has 2 N–H and O–H groups in total. The molecule has 2 heterocycles. The monoisotopic (exact) mass is 337 g/mol. The summed E-state index contributed by atoms with van der Waals surface area (Å²) in [6.07, 6.45) is 0.494. The fraction of sp³-hybridized carbons (Fsp3) is 0.588. The second-order valence-corrected chi connectivity index (χ2v) is 6.20. The van der Waals surface area contributed by atoms with Crippen molar-refractivity contribution in [2.24, 2.45) is 0 Å². The number of hydrogen-bond acceptors (Lipinski definition) is 6. The summed E-state index contributed by atoms with van der Waals surface area (Å²) in [5.74, 6) is 0.489. The molecule has 1 fully saturated rings. The number of benzene rings is 1.